The van der Waals surface area contributed by atoms with Gasteiger partial charge in [0.25, 0.3) is 0 Å². The van der Waals surface area contributed by atoms with Crippen LogP contribution in [-0.4, -0.2) is 42.4 Å². The van der Waals surface area contributed by atoms with Crippen molar-refractivity contribution >= 4 is 0 Å². The van der Waals surface area contributed by atoms with E-state index in [1.54, 1.807) is 0 Å². The van der Waals surface area contributed by atoms with E-state index in [0.29, 0.717) is 12.1 Å². The summed E-state index contributed by atoms with van der Waals surface area (Å²) in [7, 11) is 2.14. The fraction of sp³-hybridized carbons (Fsp3) is 0.500. The lowest BCUT2D eigenvalue weighted by molar-refractivity contribution is 0.0814. The molecule has 1 aliphatic heterocycles. The summed E-state index contributed by atoms with van der Waals surface area (Å²) in [6.07, 6.45) is 1.41. The van der Waals surface area contributed by atoms with Crippen LogP contribution in [0.1, 0.15) is 24.5 Å². The third kappa shape index (κ3) is 3.81. The van der Waals surface area contributed by atoms with Crippen LogP contribution in [0.2, 0.25) is 0 Å². The summed E-state index contributed by atoms with van der Waals surface area (Å²) in [5, 5.41) is 8.72. The topological polar surface area (TPSA) is 32.7 Å². The molecule has 0 amide bonds. The zero-order valence-corrected chi connectivity index (χ0v) is 11.6. The van der Waals surface area contributed by atoms with E-state index in [4.69, 9.17) is 9.84 Å². The summed E-state index contributed by atoms with van der Waals surface area (Å²) < 4.78 is 5.61. The van der Waals surface area contributed by atoms with Gasteiger partial charge in [0.2, 0.25) is 0 Å². The van der Waals surface area contributed by atoms with Crippen LogP contribution in [0.4, 0.5) is 0 Å². The number of hydrogen-bond donors (Lipinski definition) is 1. The molecule has 0 radical (unpaired) electrons. The molecule has 0 bridgehead atoms. The molecule has 1 aliphatic rings. The third-order valence-corrected chi connectivity index (χ3v) is 3.57. The van der Waals surface area contributed by atoms with Gasteiger partial charge in [0.15, 0.2) is 0 Å². The molecular formula is C16H21NO2. The first-order valence-corrected chi connectivity index (χ1v) is 6.71. The molecule has 1 N–H and O–H groups in total. The van der Waals surface area contributed by atoms with Crippen molar-refractivity contribution < 1.29 is 9.84 Å². The number of ether oxygens (including phenoxy) is 1. The van der Waals surface area contributed by atoms with Crippen molar-refractivity contribution in [3.63, 3.8) is 0 Å². The molecule has 0 aliphatic carbocycles. The molecule has 3 nitrogen and oxygen atoms in total. The van der Waals surface area contributed by atoms with Gasteiger partial charge in [-0.3, -0.25) is 4.90 Å². The van der Waals surface area contributed by atoms with Gasteiger partial charge in [-0.15, -0.1) is 0 Å². The van der Waals surface area contributed by atoms with Gasteiger partial charge in [0.05, 0.1) is 6.10 Å². The van der Waals surface area contributed by atoms with Crippen LogP contribution in [0, 0.1) is 11.8 Å². The molecule has 3 heteroatoms. The predicted octanol–water partition coefficient (Wildman–Crippen LogP) is 1.64. The summed E-state index contributed by atoms with van der Waals surface area (Å²) >= 11 is 0. The quantitative estimate of drug-likeness (QED) is 0.838. The number of aliphatic hydroxyl groups excluding tert-OH is 1. The van der Waals surface area contributed by atoms with Gasteiger partial charge in [0.1, 0.15) is 6.61 Å². The predicted molar refractivity (Wildman–Crippen MR) is 75.7 cm³/mol. The lowest BCUT2D eigenvalue weighted by Crippen LogP contribution is -2.36. The van der Waals surface area contributed by atoms with Gasteiger partial charge in [-0.25, -0.2) is 0 Å². The largest absolute Gasteiger partial charge is 0.384 e. The minimum Gasteiger partial charge on any atom is -0.384 e. The van der Waals surface area contributed by atoms with Crippen LogP contribution in [-0.2, 0) is 11.3 Å². The maximum atomic E-state index is 8.72. The van der Waals surface area contributed by atoms with Crippen molar-refractivity contribution in [1.29, 1.82) is 0 Å². The highest BCUT2D eigenvalue weighted by molar-refractivity contribution is 5.37. The van der Waals surface area contributed by atoms with Crippen molar-refractivity contribution in [3.05, 3.63) is 35.4 Å². The van der Waals surface area contributed by atoms with Crippen LogP contribution >= 0.6 is 0 Å². The summed E-state index contributed by atoms with van der Waals surface area (Å²) in [4.78, 5) is 2.34. The average Bonchev–Trinajstić information content (AvgIpc) is 2.83. The molecule has 0 saturated carbocycles. The monoisotopic (exact) mass is 259 g/mol. The second kappa shape index (κ2) is 6.72. The number of aliphatic hydroxyl groups is 1. The Kier molecular flexibility index (Phi) is 4.98. The molecule has 2 atom stereocenters. The zero-order chi connectivity index (χ0) is 13.7. The minimum absolute atomic E-state index is 0.0962. The Bertz CT molecular complexity index is 475. The van der Waals surface area contributed by atoms with Crippen LogP contribution in [0.15, 0.2) is 24.3 Å². The Morgan fingerprint density at radius 2 is 2.32 bits per heavy atom. The first-order chi connectivity index (χ1) is 9.20. The first kappa shape index (κ1) is 14.1. The number of rotatable bonds is 3. The Morgan fingerprint density at radius 3 is 3.00 bits per heavy atom. The van der Waals surface area contributed by atoms with Gasteiger partial charge in [0, 0.05) is 24.8 Å². The summed E-state index contributed by atoms with van der Waals surface area (Å²) in [5.41, 5.74) is 2.20. The highest BCUT2D eigenvalue weighted by atomic mass is 16.5. The Balaban J connectivity index is 2.02. The molecule has 2 unspecified atom stereocenters. The Hall–Kier alpha value is -1.34. The van der Waals surface area contributed by atoms with Crippen LogP contribution in [0.25, 0.3) is 0 Å². The zero-order valence-electron chi connectivity index (χ0n) is 11.6. The fourth-order valence-electron chi connectivity index (χ4n) is 2.59. The third-order valence-electron chi connectivity index (χ3n) is 3.57. The molecule has 0 spiro atoms. The second-order valence-electron chi connectivity index (χ2n) is 5.01. The summed E-state index contributed by atoms with van der Waals surface area (Å²) in [6.45, 7) is 3.80. The van der Waals surface area contributed by atoms with Gasteiger partial charge in [-0.1, -0.05) is 24.0 Å². The van der Waals surface area contributed by atoms with E-state index in [2.05, 4.69) is 42.8 Å². The van der Waals surface area contributed by atoms with Crippen LogP contribution in [0.3, 0.4) is 0 Å². The molecule has 1 aromatic rings. The SMILES string of the molecule is CC1OCCC1N(C)Cc1cccc(C#CCO)c1. The van der Waals surface area contributed by atoms with E-state index < -0.39 is 0 Å². The number of likely N-dealkylation sites (N-methyl/N-ethyl adjacent to an activating group) is 1. The van der Waals surface area contributed by atoms with Gasteiger partial charge < -0.3 is 9.84 Å². The standard InChI is InChI=1S/C16H21NO2/c1-13-16(8-10-19-13)17(2)12-15-6-3-5-14(11-15)7-4-9-18/h3,5-6,11,13,16,18H,8-10,12H2,1-2H3. The smallest absolute Gasteiger partial charge is 0.104 e. The van der Waals surface area contributed by atoms with E-state index in [9.17, 15) is 0 Å². The van der Waals surface area contributed by atoms with E-state index in [1.807, 2.05) is 12.1 Å². The lowest BCUT2D eigenvalue weighted by Gasteiger charge is -2.26. The van der Waals surface area contributed by atoms with Crippen molar-refractivity contribution in [1.82, 2.24) is 4.90 Å². The van der Waals surface area contributed by atoms with E-state index in [1.165, 1.54) is 5.56 Å². The average molecular weight is 259 g/mol. The Morgan fingerprint density at radius 1 is 1.47 bits per heavy atom. The lowest BCUT2D eigenvalue weighted by atomic mass is 10.1. The molecule has 1 heterocycles. The number of benzene rings is 1. The van der Waals surface area contributed by atoms with Crippen molar-refractivity contribution in [3.8, 4) is 11.8 Å². The van der Waals surface area contributed by atoms with Crippen molar-refractivity contribution in [2.75, 3.05) is 20.3 Å². The molecule has 1 saturated heterocycles. The molecular weight excluding hydrogens is 238 g/mol. The molecule has 102 valence electrons. The highest BCUT2D eigenvalue weighted by Crippen LogP contribution is 2.20. The van der Waals surface area contributed by atoms with Gasteiger partial charge >= 0.3 is 0 Å². The molecule has 1 aromatic carbocycles. The second-order valence-corrected chi connectivity index (χ2v) is 5.01. The normalized spacial score (nSPS) is 22.3. The van der Waals surface area contributed by atoms with Crippen molar-refractivity contribution in [2.45, 2.75) is 32.0 Å². The minimum atomic E-state index is -0.0962. The van der Waals surface area contributed by atoms with Gasteiger partial charge in [-0.2, -0.15) is 0 Å². The van der Waals surface area contributed by atoms with E-state index in [-0.39, 0.29) is 6.61 Å². The summed E-state index contributed by atoms with van der Waals surface area (Å²) in [5.74, 6) is 5.62. The maximum absolute atomic E-state index is 8.72. The maximum Gasteiger partial charge on any atom is 0.104 e. The van der Waals surface area contributed by atoms with Gasteiger partial charge in [-0.05, 0) is 38.1 Å². The van der Waals surface area contributed by atoms with E-state index >= 15 is 0 Å². The molecule has 19 heavy (non-hydrogen) atoms. The molecule has 2 rings (SSSR count). The number of nitrogens with zero attached hydrogens (tertiary/aromatic N) is 1. The highest BCUT2D eigenvalue weighted by Gasteiger charge is 2.27. The number of hydrogen-bond acceptors (Lipinski definition) is 3. The molecule has 0 aromatic heterocycles. The van der Waals surface area contributed by atoms with Crippen LogP contribution in [0.5, 0.6) is 0 Å². The van der Waals surface area contributed by atoms with E-state index in [0.717, 1.165) is 25.1 Å². The van der Waals surface area contributed by atoms with Crippen molar-refractivity contribution in [2.24, 2.45) is 0 Å². The molecule has 1 fully saturated rings. The Labute approximate surface area is 115 Å². The fourth-order valence-corrected chi connectivity index (χ4v) is 2.59. The first-order valence-electron chi connectivity index (χ1n) is 6.71. The summed E-state index contributed by atoms with van der Waals surface area (Å²) in [6, 6.07) is 8.67. The van der Waals surface area contributed by atoms with Crippen LogP contribution < -0.4 is 0 Å².